The second kappa shape index (κ2) is 6.87. The first-order valence-electron chi connectivity index (χ1n) is 8.91. The number of nitrogens with zero attached hydrogens (tertiary/aromatic N) is 2. The van der Waals surface area contributed by atoms with Crippen LogP contribution in [0.1, 0.15) is 10.4 Å². The van der Waals surface area contributed by atoms with Gasteiger partial charge in [0.25, 0.3) is 5.91 Å². The molecule has 0 radical (unpaired) electrons. The summed E-state index contributed by atoms with van der Waals surface area (Å²) in [6.07, 6.45) is 0. The van der Waals surface area contributed by atoms with Crippen molar-refractivity contribution in [2.75, 3.05) is 12.1 Å². The third-order valence-corrected chi connectivity index (χ3v) is 4.59. The first-order valence-corrected chi connectivity index (χ1v) is 8.91. The molecule has 2 aromatic heterocycles. The van der Waals surface area contributed by atoms with Crippen LogP contribution < -0.4 is 14.8 Å². The van der Waals surface area contributed by atoms with Gasteiger partial charge in [0.1, 0.15) is 5.82 Å². The zero-order chi connectivity index (χ0) is 19.8. The van der Waals surface area contributed by atoms with Crippen molar-refractivity contribution in [3.63, 3.8) is 0 Å². The first kappa shape index (κ1) is 17.1. The molecule has 0 bridgehead atoms. The van der Waals surface area contributed by atoms with Crippen LogP contribution in [0, 0.1) is 5.95 Å². The lowest BCUT2D eigenvalue weighted by Gasteiger charge is -2.11. The third kappa shape index (κ3) is 3.23. The standard InChI is InChI=1S/C22H14FN3O3/c23-20-6-3-7-21(25-20)26-22(27)15-11-17(24-16-5-2-1-4-14(15)16)13-8-9-18-19(10-13)29-12-28-18/h1-11H,12H2,(H,25,26,27). The number of fused-ring (bicyclic) bond motifs is 2. The second-order valence-corrected chi connectivity index (χ2v) is 6.44. The van der Waals surface area contributed by atoms with Gasteiger partial charge in [-0.3, -0.25) is 4.79 Å². The van der Waals surface area contributed by atoms with Gasteiger partial charge in [-0.15, -0.1) is 0 Å². The topological polar surface area (TPSA) is 73.3 Å². The normalized spacial score (nSPS) is 12.2. The fourth-order valence-electron chi connectivity index (χ4n) is 3.23. The third-order valence-electron chi connectivity index (χ3n) is 4.59. The number of para-hydroxylation sites is 1. The smallest absolute Gasteiger partial charge is 0.257 e. The number of nitrogens with one attached hydrogen (secondary N) is 1. The molecule has 0 spiro atoms. The van der Waals surface area contributed by atoms with Gasteiger partial charge in [0.2, 0.25) is 12.7 Å². The monoisotopic (exact) mass is 387 g/mol. The Morgan fingerprint density at radius 2 is 1.79 bits per heavy atom. The van der Waals surface area contributed by atoms with Crippen LogP contribution >= 0.6 is 0 Å². The van der Waals surface area contributed by atoms with E-state index in [2.05, 4.69) is 15.3 Å². The summed E-state index contributed by atoms with van der Waals surface area (Å²) < 4.78 is 24.2. The van der Waals surface area contributed by atoms with E-state index in [1.165, 1.54) is 18.2 Å². The van der Waals surface area contributed by atoms with Gasteiger partial charge in [0.05, 0.1) is 16.8 Å². The van der Waals surface area contributed by atoms with Crippen LogP contribution in [0.15, 0.2) is 66.7 Å². The Hall–Kier alpha value is -4.00. The highest BCUT2D eigenvalue weighted by atomic mass is 19.1. The van der Waals surface area contributed by atoms with Gasteiger partial charge in [-0.25, -0.2) is 9.97 Å². The molecule has 3 heterocycles. The van der Waals surface area contributed by atoms with E-state index in [9.17, 15) is 9.18 Å². The van der Waals surface area contributed by atoms with Crippen LogP contribution in [0.4, 0.5) is 10.2 Å². The minimum atomic E-state index is -0.663. The summed E-state index contributed by atoms with van der Waals surface area (Å²) in [6, 6.07) is 18.8. The van der Waals surface area contributed by atoms with Crippen LogP contribution in [0.5, 0.6) is 11.5 Å². The summed E-state index contributed by atoms with van der Waals surface area (Å²) >= 11 is 0. The summed E-state index contributed by atoms with van der Waals surface area (Å²) in [7, 11) is 0. The minimum absolute atomic E-state index is 0.139. The number of pyridine rings is 2. The average Bonchev–Trinajstić information content (AvgIpc) is 3.21. The molecule has 1 N–H and O–H groups in total. The fourth-order valence-corrected chi connectivity index (χ4v) is 3.23. The number of rotatable bonds is 3. The molecule has 4 aromatic rings. The van der Waals surface area contributed by atoms with Crippen molar-refractivity contribution < 1.29 is 18.7 Å². The number of halogens is 1. The predicted octanol–water partition coefficient (Wildman–Crippen LogP) is 4.42. The van der Waals surface area contributed by atoms with Gasteiger partial charge in [0.15, 0.2) is 11.5 Å². The van der Waals surface area contributed by atoms with E-state index in [-0.39, 0.29) is 12.6 Å². The molecular weight excluding hydrogens is 373 g/mol. The lowest BCUT2D eigenvalue weighted by Crippen LogP contribution is -2.14. The van der Waals surface area contributed by atoms with E-state index in [1.807, 2.05) is 42.5 Å². The number of carbonyl (C=O) groups is 1. The summed E-state index contributed by atoms with van der Waals surface area (Å²) in [5, 5.41) is 3.34. The Labute approximate surface area is 164 Å². The number of amides is 1. The van der Waals surface area contributed by atoms with Gasteiger partial charge < -0.3 is 14.8 Å². The highest BCUT2D eigenvalue weighted by Gasteiger charge is 2.18. The Morgan fingerprint density at radius 1 is 0.931 bits per heavy atom. The van der Waals surface area contributed by atoms with Crippen molar-refractivity contribution in [2.24, 2.45) is 0 Å². The molecule has 0 aliphatic carbocycles. The Morgan fingerprint density at radius 3 is 2.69 bits per heavy atom. The van der Waals surface area contributed by atoms with E-state index in [0.717, 1.165) is 5.56 Å². The highest BCUT2D eigenvalue weighted by Crippen LogP contribution is 2.36. The highest BCUT2D eigenvalue weighted by molar-refractivity contribution is 6.12. The summed E-state index contributed by atoms with van der Waals surface area (Å²) in [6.45, 7) is 0.179. The van der Waals surface area contributed by atoms with Gasteiger partial charge in [-0.1, -0.05) is 24.3 Å². The number of carbonyl (C=O) groups excluding carboxylic acids is 1. The molecule has 1 aliphatic heterocycles. The molecule has 1 aliphatic rings. The second-order valence-electron chi connectivity index (χ2n) is 6.44. The lowest BCUT2D eigenvalue weighted by molar-refractivity contribution is 0.102. The van der Waals surface area contributed by atoms with Crippen LogP contribution in [-0.4, -0.2) is 22.7 Å². The quantitative estimate of drug-likeness (QED) is 0.527. The van der Waals surface area contributed by atoms with Crippen molar-refractivity contribution in [3.8, 4) is 22.8 Å². The first-order chi connectivity index (χ1) is 14.2. The molecule has 7 heteroatoms. The van der Waals surface area contributed by atoms with E-state index in [1.54, 1.807) is 6.07 Å². The van der Waals surface area contributed by atoms with Gasteiger partial charge in [0, 0.05) is 10.9 Å². The number of benzene rings is 2. The van der Waals surface area contributed by atoms with E-state index >= 15 is 0 Å². The molecule has 142 valence electrons. The van der Waals surface area contributed by atoms with Gasteiger partial charge >= 0.3 is 0 Å². The van der Waals surface area contributed by atoms with E-state index in [4.69, 9.17) is 9.47 Å². The molecule has 1 amide bonds. The number of hydrogen-bond donors (Lipinski definition) is 1. The van der Waals surface area contributed by atoms with Gasteiger partial charge in [-0.05, 0) is 42.5 Å². The molecular formula is C22H14FN3O3. The number of anilines is 1. The number of aromatic nitrogens is 2. The zero-order valence-corrected chi connectivity index (χ0v) is 15.1. The van der Waals surface area contributed by atoms with E-state index in [0.29, 0.717) is 33.7 Å². The molecule has 0 fully saturated rings. The zero-order valence-electron chi connectivity index (χ0n) is 15.1. The molecule has 0 unspecified atom stereocenters. The van der Waals surface area contributed by atoms with Crippen LogP contribution in [0.2, 0.25) is 0 Å². The largest absolute Gasteiger partial charge is 0.454 e. The molecule has 29 heavy (non-hydrogen) atoms. The summed E-state index contributed by atoms with van der Waals surface area (Å²) in [5.41, 5.74) is 2.48. The van der Waals surface area contributed by atoms with Gasteiger partial charge in [-0.2, -0.15) is 4.39 Å². The van der Waals surface area contributed by atoms with Crippen molar-refractivity contribution in [3.05, 3.63) is 78.2 Å². The summed E-state index contributed by atoms with van der Waals surface area (Å²) in [5.74, 6) is 0.379. The molecule has 0 saturated heterocycles. The molecule has 2 aromatic carbocycles. The van der Waals surface area contributed by atoms with Crippen LogP contribution in [0.3, 0.4) is 0 Å². The molecule has 0 atom stereocenters. The molecule has 6 nitrogen and oxygen atoms in total. The Kier molecular flexibility index (Phi) is 4.05. The van der Waals surface area contributed by atoms with Crippen LogP contribution in [-0.2, 0) is 0 Å². The number of ether oxygens (including phenoxy) is 2. The van der Waals surface area contributed by atoms with Crippen LogP contribution in [0.25, 0.3) is 22.2 Å². The lowest BCUT2D eigenvalue weighted by atomic mass is 10.0. The predicted molar refractivity (Wildman–Crippen MR) is 105 cm³/mol. The fraction of sp³-hybridized carbons (Fsp3) is 0.0455. The van der Waals surface area contributed by atoms with Crippen molar-refractivity contribution in [1.29, 1.82) is 0 Å². The number of hydrogen-bond acceptors (Lipinski definition) is 5. The Bertz CT molecular complexity index is 1260. The van der Waals surface area contributed by atoms with Crippen molar-refractivity contribution >= 4 is 22.6 Å². The summed E-state index contributed by atoms with van der Waals surface area (Å²) in [4.78, 5) is 21.3. The molecule has 5 rings (SSSR count). The molecule has 0 saturated carbocycles. The van der Waals surface area contributed by atoms with Crippen molar-refractivity contribution in [2.45, 2.75) is 0 Å². The SMILES string of the molecule is O=C(Nc1cccc(F)n1)c1cc(-c2ccc3c(c2)OCO3)nc2ccccc12. The Balaban J connectivity index is 1.60. The maximum atomic E-state index is 13.4. The maximum absolute atomic E-state index is 13.4. The van der Waals surface area contributed by atoms with E-state index < -0.39 is 11.9 Å². The minimum Gasteiger partial charge on any atom is -0.454 e. The van der Waals surface area contributed by atoms with Crippen molar-refractivity contribution in [1.82, 2.24) is 9.97 Å². The maximum Gasteiger partial charge on any atom is 0.257 e. The average molecular weight is 387 g/mol.